The number of anilines is 1. The van der Waals surface area contributed by atoms with Gasteiger partial charge in [0.25, 0.3) is 0 Å². The number of carbonyl (C=O) groups excluding carboxylic acids is 1. The molecule has 1 aromatic heterocycles. The molecule has 6 nitrogen and oxygen atoms in total. The lowest BCUT2D eigenvalue weighted by atomic mass is 10.1. The Kier molecular flexibility index (Phi) is 7.47. The van der Waals surface area contributed by atoms with Crippen molar-refractivity contribution in [1.29, 1.82) is 0 Å². The zero-order valence-corrected chi connectivity index (χ0v) is 16.4. The van der Waals surface area contributed by atoms with Crippen LogP contribution in [0.2, 0.25) is 0 Å². The van der Waals surface area contributed by atoms with Gasteiger partial charge in [0.05, 0.1) is 12.8 Å². The summed E-state index contributed by atoms with van der Waals surface area (Å²) in [6, 6.07) is 7.85. The quantitative estimate of drug-likeness (QED) is 0.514. The molecule has 0 bridgehead atoms. The van der Waals surface area contributed by atoms with E-state index in [1.807, 2.05) is 18.2 Å². The topological polar surface area (TPSA) is 74.8 Å². The van der Waals surface area contributed by atoms with Crippen molar-refractivity contribution in [3.63, 3.8) is 0 Å². The molecular formula is C19H26N4O2S. The van der Waals surface area contributed by atoms with Crippen LogP contribution in [0.1, 0.15) is 30.9 Å². The Morgan fingerprint density at radius 3 is 2.73 bits per heavy atom. The number of benzene rings is 1. The van der Waals surface area contributed by atoms with Crippen LogP contribution in [0.15, 0.2) is 40.0 Å². The number of amides is 1. The molecule has 26 heavy (non-hydrogen) atoms. The number of guanidine groups is 1. The fraction of sp³-hybridized carbons (Fsp3) is 0.368. The summed E-state index contributed by atoms with van der Waals surface area (Å²) >= 11 is 1.71. The number of thiophene rings is 1. The number of nitrogens with one attached hydrogen (secondary N) is 3. The average molecular weight is 375 g/mol. The van der Waals surface area contributed by atoms with Crippen LogP contribution >= 0.6 is 11.3 Å². The van der Waals surface area contributed by atoms with Crippen molar-refractivity contribution >= 4 is 28.9 Å². The maximum atomic E-state index is 11.3. The van der Waals surface area contributed by atoms with Gasteiger partial charge in [0, 0.05) is 27.1 Å². The first-order chi connectivity index (χ1) is 12.5. The van der Waals surface area contributed by atoms with E-state index in [0.29, 0.717) is 23.9 Å². The van der Waals surface area contributed by atoms with Crippen LogP contribution in [0.5, 0.6) is 5.75 Å². The SMILES string of the molecule is CN=C(NCc1ccc(OC)c(NC(C)=O)c1)NCC(C)c1ccsc1. The van der Waals surface area contributed by atoms with Gasteiger partial charge in [-0.3, -0.25) is 9.79 Å². The number of hydrogen-bond acceptors (Lipinski definition) is 4. The minimum absolute atomic E-state index is 0.131. The summed E-state index contributed by atoms with van der Waals surface area (Å²) in [4.78, 5) is 15.6. The van der Waals surface area contributed by atoms with Crippen molar-refractivity contribution in [1.82, 2.24) is 10.6 Å². The lowest BCUT2D eigenvalue weighted by molar-refractivity contribution is -0.114. The van der Waals surface area contributed by atoms with Crippen LogP contribution in [0, 0.1) is 0 Å². The lowest BCUT2D eigenvalue weighted by Gasteiger charge is -2.16. The van der Waals surface area contributed by atoms with E-state index in [9.17, 15) is 4.79 Å². The minimum atomic E-state index is -0.131. The largest absolute Gasteiger partial charge is 0.495 e. The van der Waals surface area contributed by atoms with Gasteiger partial charge >= 0.3 is 0 Å². The molecule has 1 aromatic carbocycles. The van der Waals surface area contributed by atoms with Crippen molar-refractivity contribution < 1.29 is 9.53 Å². The summed E-state index contributed by atoms with van der Waals surface area (Å²) in [7, 11) is 3.33. The van der Waals surface area contributed by atoms with Gasteiger partial charge in [-0.25, -0.2) is 0 Å². The fourth-order valence-electron chi connectivity index (χ4n) is 2.48. The molecule has 0 aliphatic carbocycles. The maximum absolute atomic E-state index is 11.3. The van der Waals surface area contributed by atoms with Crippen molar-refractivity contribution in [2.24, 2.45) is 4.99 Å². The molecule has 0 aliphatic rings. The Labute approximate surface area is 158 Å². The van der Waals surface area contributed by atoms with Crippen molar-refractivity contribution in [3.8, 4) is 5.75 Å². The van der Waals surface area contributed by atoms with Gasteiger partial charge in [0.15, 0.2) is 5.96 Å². The number of carbonyl (C=O) groups is 1. The highest BCUT2D eigenvalue weighted by atomic mass is 32.1. The second-order valence-corrected chi connectivity index (χ2v) is 6.76. The van der Waals surface area contributed by atoms with Crippen LogP contribution < -0.4 is 20.7 Å². The van der Waals surface area contributed by atoms with Gasteiger partial charge in [-0.05, 0) is 46.0 Å². The van der Waals surface area contributed by atoms with E-state index in [-0.39, 0.29) is 5.91 Å². The highest BCUT2D eigenvalue weighted by Crippen LogP contribution is 2.25. The Hall–Kier alpha value is -2.54. The van der Waals surface area contributed by atoms with E-state index in [0.717, 1.165) is 18.1 Å². The second-order valence-electron chi connectivity index (χ2n) is 5.98. The summed E-state index contributed by atoms with van der Waals surface area (Å²) in [5.74, 6) is 1.65. The third kappa shape index (κ3) is 5.77. The van der Waals surface area contributed by atoms with Crippen molar-refractivity contribution in [3.05, 3.63) is 46.2 Å². The summed E-state index contributed by atoms with van der Waals surface area (Å²) in [5, 5.41) is 13.7. The lowest BCUT2D eigenvalue weighted by Crippen LogP contribution is -2.38. The minimum Gasteiger partial charge on any atom is -0.495 e. The number of methoxy groups -OCH3 is 1. The van der Waals surface area contributed by atoms with Crippen LogP contribution in [0.3, 0.4) is 0 Å². The van der Waals surface area contributed by atoms with Gasteiger partial charge in [0.1, 0.15) is 5.75 Å². The molecule has 7 heteroatoms. The Bertz CT molecular complexity index is 744. The molecule has 1 unspecified atom stereocenters. The number of hydrogen-bond donors (Lipinski definition) is 3. The van der Waals surface area contributed by atoms with E-state index >= 15 is 0 Å². The summed E-state index contributed by atoms with van der Waals surface area (Å²) in [5.41, 5.74) is 3.00. The molecule has 2 rings (SSSR count). The van der Waals surface area contributed by atoms with Crippen LogP contribution in [0.4, 0.5) is 5.69 Å². The van der Waals surface area contributed by atoms with Gasteiger partial charge in [0.2, 0.25) is 5.91 Å². The molecule has 140 valence electrons. The zero-order valence-electron chi connectivity index (χ0n) is 15.6. The van der Waals surface area contributed by atoms with Crippen LogP contribution in [0.25, 0.3) is 0 Å². The molecular weight excluding hydrogens is 348 g/mol. The molecule has 0 spiro atoms. The molecule has 3 N–H and O–H groups in total. The third-order valence-corrected chi connectivity index (χ3v) is 4.65. The Morgan fingerprint density at radius 1 is 1.31 bits per heavy atom. The molecule has 0 aliphatic heterocycles. The smallest absolute Gasteiger partial charge is 0.221 e. The molecule has 1 atom stereocenters. The van der Waals surface area contributed by atoms with Crippen LogP contribution in [-0.2, 0) is 11.3 Å². The van der Waals surface area contributed by atoms with Gasteiger partial charge < -0.3 is 20.7 Å². The van der Waals surface area contributed by atoms with Crippen molar-refractivity contribution in [2.45, 2.75) is 26.3 Å². The summed E-state index contributed by atoms with van der Waals surface area (Å²) in [6.45, 7) is 5.05. The third-order valence-electron chi connectivity index (χ3n) is 3.95. The normalized spacial score (nSPS) is 12.4. The molecule has 2 aromatic rings. The number of nitrogens with zero attached hydrogens (tertiary/aromatic N) is 1. The van der Waals surface area contributed by atoms with E-state index in [4.69, 9.17) is 4.74 Å². The van der Waals surface area contributed by atoms with E-state index in [1.165, 1.54) is 12.5 Å². The molecule has 0 radical (unpaired) electrons. The monoisotopic (exact) mass is 374 g/mol. The van der Waals surface area contributed by atoms with Gasteiger partial charge in [-0.2, -0.15) is 11.3 Å². The van der Waals surface area contributed by atoms with Crippen LogP contribution in [-0.4, -0.2) is 32.6 Å². The maximum Gasteiger partial charge on any atom is 0.221 e. The zero-order chi connectivity index (χ0) is 18.9. The molecule has 1 heterocycles. The number of ether oxygens (including phenoxy) is 1. The molecule has 0 saturated heterocycles. The van der Waals surface area contributed by atoms with Gasteiger partial charge in [-0.15, -0.1) is 0 Å². The standard InChI is InChI=1S/C19H26N4O2S/c1-13(16-7-8-26-12-16)10-21-19(20-3)22-11-15-5-6-18(25-4)17(9-15)23-14(2)24/h5-9,12-13H,10-11H2,1-4H3,(H,23,24)(H2,20,21,22). The summed E-state index contributed by atoms with van der Waals surface area (Å²) in [6.07, 6.45) is 0. The average Bonchev–Trinajstić information content (AvgIpc) is 3.16. The second kappa shape index (κ2) is 9.82. The first-order valence-electron chi connectivity index (χ1n) is 8.44. The molecule has 1 amide bonds. The summed E-state index contributed by atoms with van der Waals surface area (Å²) < 4.78 is 5.28. The van der Waals surface area contributed by atoms with Crippen molar-refractivity contribution in [2.75, 3.05) is 26.0 Å². The van der Waals surface area contributed by atoms with E-state index in [2.05, 4.69) is 44.7 Å². The van der Waals surface area contributed by atoms with E-state index in [1.54, 1.807) is 25.5 Å². The first kappa shape index (κ1) is 19.8. The Balaban J connectivity index is 1.92. The number of rotatable bonds is 7. The van der Waals surface area contributed by atoms with E-state index < -0.39 is 0 Å². The predicted octanol–water partition coefficient (Wildman–Crippen LogP) is 3.18. The highest BCUT2D eigenvalue weighted by Gasteiger charge is 2.09. The molecule has 0 fully saturated rings. The van der Waals surface area contributed by atoms with Gasteiger partial charge in [-0.1, -0.05) is 13.0 Å². The first-order valence-corrected chi connectivity index (χ1v) is 9.39. The Morgan fingerprint density at radius 2 is 2.12 bits per heavy atom. The predicted molar refractivity (Wildman–Crippen MR) is 108 cm³/mol. The number of aliphatic imine (C=N–C) groups is 1. The fourth-order valence-corrected chi connectivity index (χ4v) is 3.26. The highest BCUT2D eigenvalue weighted by molar-refractivity contribution is 7.07. The molecule has 0 saturated carbocycles.